The molecule has 0 radical (unpaired) electrons. The third-order valence-corrected chi connectivity index (χ3v) is 5.46. The van der Waals surface area contributed by atoms with Gasteiger partial charge >= 0.3 is 0 Å². The Morgan fingerprint density at radius 2 is 1.85 bits per heavy atom. The van der Waals surface area contributed by atoms with E-state index in [-0.39, 0.29) is 10.8 Å². The van der Waals surface area contributed by atoms with E-state index >= 15 is 0 Å². The van der Waals surface area contributed by atoms with E-state index in [4.69, 9.17) is 4.74 Å². The van der Waals surface area contributed by atoms with Crippen molar-refractivity contribution in [1.29, 1.82) is 0 Å². The normalized spacial score (nSPS) is 17.1. The number of anilines is 2. The molecule has 0 aromatic heterocycles. The lowest BCUT2D eigenvalue weighted by atomic mass is 10.2. The van der Waals surface area contributed by atoms with Gasteiger partial charge < -0.3 is 10.1 Å². The van der Waals surface area contributed by atoms with Crippen molar-refractivity contribution >= 4 is 27.3 Å². The lowest BCUT2D eigenvalue weighted by molar-refractivity contribution is -0.124. The maximum Gasteiger partial charge on any atom is 0.261 e. The average Bonchev–Trinajstić information content (AvgIpc) is 3.13. The number of sulfonamides is 1. The highest BCUT2D eigenvalue weighted by molar-refractivity contribution is 7.92. The molecule has 1 saturated heterocycles. The highest BCUT2D eigenvalue weighted by atomic mass is 32.2. The molecule has 1 atom stereocenters. The van der Waals surface area contributed by atoms with Crippen molar-refractivity contribution in [2.24, 2.45) is 0 Å². The van der Waals surface area contributed by atoms with Crippen molar-refractivity contribution in [3.63, 3.8) is 0 Å². The fourth-order valence-corrected chi connectivity index (χ4v) is 3.65. The summed E-state index contributed by atoms with van der Waals surface area (Å²) < 4.78 is 46.0. The first-order chi connectivity index (χ1) is 12.3. The van der Waals surface area contributed by atoms with Crippen LogP contribution in [0.5, 0.6) is 0 Å². The zero-order valence-corrected chi connectivity index (χ0v) is 15.0. The number of nitrogens with one attached hydrogen (secondary N) is 2. The molecule has 1 aliphatic rings. The topological polar surface area (TPSA) is 84.5 Å². The van der Waals surface area contributed by atoms with Crippen LogP contribution >= 0.6 is 0 Å². The molecular formula is C18H19FN2O4S. The summed E-state index contributed by atoms with van der Waals surface area (Å²) in [5, 5.41) is 2.73. The van der Waals surface area contributed by atoms with Gasteiger partial charge in [-0.2, -0.15) is 0 Å². The molecule has 8 heteroatoms. The molecule has 1 amide bonds. The number of amides is 1. The van der Waals surface area contributed by atoms with Gasteiger partial charge in [0.25, 0.3) is 15.9 Å². The van der Waals surface area contributed by atoms with Crippen LogP contribution in [0.1, 0.15) is 18.4 Å². The van der Waals surface area contributed by atoms with E-state index in [9.17, 15) is 17.6 Å². The van der Waals surface area contributed by atoms with Gasteiger partial charge in [-0.1, -0.05) is 6.07 Å². The van der Waals surface area contributed by atoms with Crippen LogP contribution in [0.3, 0.4) is 0 Å². The predicted molar refractivity (Wildman–Crippen MR) is 96.0 cm³/mol. The van der Waals surface area contributed by atoms with Gasteiger partial charge in [0, 0.05) is 18.0 Å². The number of carbonyl (C=O) groups is 1. The number of ether oxygens (including phenoxy) is 1. The minimum Gasteiger partial charge on any atom is -0.368 e. The molecule has 0 bridgehead atoms. The molecule has 0 spiro atoms. The summed E-state index contributed by atoms with van der Waals surface area (Å²) >= 11 is 0. The molecule has 6 nitrogen and oxygen atoms in total. The second-order valence-corrected chi connectivity index (χ2v) is 7.77. The van der Waals surface area contributed by atoms with Crippen molar-refractivity contribution < 1.29 is 22.3 Å². The van der Waals surface area contributed by atoms with E-state index in [1.807, 2.05) is 0 Å². The third kappa shape index (κ3) is 4.20. The number of carbonyl (C=O) groups excluding carboxylic acids is 1. The van der Waals surface area contributed by atoms with Gasteiger partial charge in [0.1, 0.15) is 11.9 Å². The van der Waals surface area contributed by atoms with Gasteiger partial charge in [-0.3, -0.25) is 9.52 Å². The number of rotatable bonds is 5. The molecule has 2 aromatic rings. The van der Waals surface area contributed by atoms with E-state index in [1.54, 1.807) is 19.1 Å². The number of halogens is 1. The van der Waals surface area contributed by atoms with E-state index in [0.29, 0.717) is 30.0 Å². The van der Waals surface area contributed by atoms with Gasteiger partial charge in [-0.25, -0.2) is 12.8 Å². The van der Waals surface area contributed by atoms with Crippen LogP contribution in [0.15, 0.2) is 47.4 Å². The van der Waals surface area contributed by atoms with Crippen molar-refractivity contribution in [3.8, 4) is 0 Å². The maximum atomic E-state index is 13.6. The molecule has 1 fully saturated rings. The van der Waals surface area contributed by atoms with Gasteiger partial charge in [0.05, 0.1) is 4.90 Å². The van der Waals surface area contributed by atoms with Gasteiger partial charge in [0.2, 0.25) is 0 Å². The number of hydrogen-bond donors (Lipinski definition) is 2. The van der Waals surface area contributed by atoms with E-state index in [2.05, 4.69) is 10.0 Å². The molecule has 2 aromatic carbocycles. The first-order valence-electron chi connectivity index (χ1n) is 8.17. The average molecular weight is 378 g/mol. The zero-order chi connectivity index (χ0) is 18.7. The van der Waals surface area contributed by atoms with Crippen LogP contribution in [-0.4, -0.2) is 27.0 Å². The molecule has 2 N–H and O–H groups in total. The summed E-state index contributed by atoms with van der Waals surface area (Å²) in [6.07, 6.45) is 1.11. The summed E-state index contributed by atoms with van der Waals surface area (Å²) in [5.74, 6) is -0.800. The second kappa shape index (κ2) is 7.43. The van der Waals surface area contributed by atoms with Crippen molar-refractivity contribution in [2.75, 3.05) is 16.6 Å². The van der Waals surface area contributed by atoms with E-state index in [1.165, 1.54) is 24.3 Å². The van der Waals surface area contributed by atoms with Crippen LogP contribution in [0.25, 0.3) is 0 Å². The molecule has 0 saturated carbocycles. The van der Waals surface area contributed by atoms with Crippen molar-refractivity contribution in [1.82, 2.24) is 0 Å². The Hall–Kier alpha value is -2.45. The van der Waals surface area contributed by atoms with Crippen LogP contribution in [-0.2, 0) is 19.6 Å². The summed E-state index contributed by atoms with van der Waals surface area (Å²) in [4.78, 5) is 11.8. The summed E-state index contributed by atoms with van der Waals surface area (Å²) in [6.45, 7) is 2.14. The van der Waals surface area contributed by atoms with Crippen molar-refractivity contribution in [3.05, 3.63) is 53.8 Å². The lowest BCUT2D eigenvalue weighted by Gasteiger charge is -2.12. The molecule has 138 valence electrons. The van der Waals surface area contributed by atoms with Crippen LogP contribution in [0, 0.1) is 12.7 Å². The highest BCUT2D eigenvalue weighted by Crippen LogP contribution is 2.21. The Morgan fingerprint density at radius 3 is 2.46 bits per heavy atom. The first kappa shape index (κ1) is 18.3. The molecule has 1 unspecified atom stereocenters. The largest absolute Gasteiger partial charge is 0.368 e. The summed E-state index contributed by atoms with van der Waals surface area (Å²) in [7, 11) is -3.90. The van der Waals surface area contributed by atoms with E-state index < -0.39 is 21.9 Å². The Morgan fingerprint density at radius 1 is 1.15 bits per heavy atom. The van der Waals surface area contributed by atoms with Crippen molar-refractivity contribution in [2.45, 2.75) is 30.8 Å². The first-order valence-corrected chi connectivity index (χ1v) is 9.65. The Kier molecular flexibility index (Phi) is 5.24. The molecule has 1 aliphatic heterocycles. The molecule has 26 heavy (non-hydrogen) atoms. The monoisotopic (exact) mass is 378 g/mol. The minimum atomic E-state index is -3.90. The zero-order valence-electron chi connectivity index (χ0n) is 14.2. The number of aryl methyl sites for hydroxylation is 1. The van der Waals surface area contributed by atoms with Crippen LogP contribution < -0.4 is 10.0 Å². The summed E-state index contributed by atoms with van der Waals surface area (Å²) in [6, 6.07) is 9.94. The Bertz CT molecular complexity index is 907. The fraction of sp³-hybridized carbons (Fsp3) is 0.278. The third-order valence-electron chi connectivity index (χ3n) is 4.08. The summed E-state index contributed by atoms with van der Waals surface area (Å²) in [5.41, 5.74) is 1.21. The van der Waals surface area contributed by atoms with Gasteiger partial charge in [0.15, 0.2) is 0 Å². The smallest absolute Gasteiger partial charge is 0.261 e. The predicted octanol–water partition coefficient (Wildman–Crippen LogP) is 3.05. The molecule has 3 rings (SSSR count). The standard InChI is InChI=1S/C18H19FN2O4S/c1-12-4-9-15(11-16(12)19)26(23,24)21-14-7-5-13(6-8-14)20-18(22)17-3-2-10-25-17/h4-9,11,17,21H,2-3,10H2,1H3,(H,20,22). The van der Waals surface area contributed by atoms with Crippen LogP contribution in [0.4, 0.5) is 15.8 Å². The quantitative estimate of drug-likeness (QED) is 0.838. The molecule has 0 aliphatic carbocycles. The minimum absolute atomic E-state index is 0.156. The maximum absolute atomic E-state index is 13.6. The fourth-order valence-electron chi connectivity index (χ4n) is 2.58. The van der Waals surface area contributed by atoms with Crippen LogP contribution in [0.2, 0.25) is 0 Å². The SMILES string of the molecule is Cc1ccc(S(=O)(=O)Nc2ccc(NC(=O)C3CCCO3)cc2)cc1F. The number of hydrogen-bond acceptors (Lipinski definition) is 4. The molecule has 1 heterocycles. The second-order valence-electron chi connectivity index (χ2n) is 6.08. The van der Waals surface area contributed by atoms with Gasteiger partial charge in [-0.05, 0) is 61.7 Å². The highest BCUT2D eigenvalue weighted by Gasteiger charge is 2.23. The van der Waals surface area contributed by atoms with Gasteiger partial charge in [-0.15, -0.1) is 0 Å². The Balaban J connectivity index is 1.68. The number of benzene rings is 2. The lowest BCUT2D eigenvalue weighted by Crippen LogP contribution is -2.26. The van der Waals surface area contributed by atoms with E-state index in [0.717, 1.165) is 12.5 Å². The Labute approximate surface area is 151 Å². The molecular weight excluding hydrogens is 359 g/mol.